The molecule has 0 bridgehead atoms. The molecule has 3 heteroatoms. The number of nitrogens with zero attached hydrogens (tertiary/aromatic N) is 1. The molecule has 0 aromatic rings. The van der Waals surface area contributed by atoms with Crippen LogP contribution >= 0.6 is 0 Å². The minimum atomic E-state index is 0.207. The lowest BCUT2D eigenvalue weighted by molar-refractivity contribution is -0.133. The largest absolute Gasteiger partial charge is 0.341 e. The van der Waals surface area contributed by atoms with Crippen molar-refractivity contribution in [3.63, 3.8) is 0 Å². The first-order valence-electron chi connectivity index (χ1n) is 7.85. The molecule has 1 saturated heterocycles. The Morgan fingerprint density at radius 2 is 2.05 bits per heavy atom. The van der Waals surface area contributed by atoms with Gasteiger partial charge in [-0.25, -0.2) is 0 Å². The topological polar surface area (TPSA) is 32.3 Å². The van der Waals surface area contributed by atoms with Gasteiger partial charge < -0.3 is 10.2 Å². The van der Waals surface area contributed by atoms with Gasteiger partial charge in [0.05, 0.1) is 0 Å². The summed E-state index contributed by atoms with van der Waals surface area (Å²) in [4.78, 5) is 14.4. The second-order valence-corrected chi connectivity index (χ2v) is 7.05. The number of carbonyl (C=O) groups is 1. The zero-order valence-corrected chi connectivity index (χ0v) is 13.5. The van der Waals surface area contributed by atoms with Gasteiger partial charge in [-0.05, 0) is 37.6 Å². The van der Waals surface area contributed by atoms with Gasteiger partial charge in [-0.2, -0.15) is 0 Å². The molecule has 1 heterocycles. The lowest BCUT2D eigenvalue weighted by Crippen LogP contribution is -2.46. The van der Waals surface area contributed by atoms with Crippen LogP contribution in [0, 0.1) is 11.3 Å². The van der Waals surface area contributed by atoms with E-state index in [2.05, 4.69) is 39.9 Å². The zero-order valence-electron chi connectivity index (χ0n) is 13.5. The van der Waals surface area contributed by atoms with Crippen LogP contribution in [0.4, 0.5) is 0 Å². The van der Waals surface area contributed by atoms with E-state index in [1.165, 1.54) is 19.3 Å². The maximum Gasteiger partial charge on any atom is 0.222 e. The Kier molecular flexibility index (Phi) is 6.31. The van der Waals surface area contributed by atoms with Crippen LogP contribution in [0.3, 0.4) is 0 Å². The highest BCUT2D eigenvalue weighted by Crippen LogP contribution is 2.28. The van der Waals surface area contributed by atoms with Crippen molar-refractivity contribution in [2.45, 2.75) is 66.3 Å². The molecule has 1 aliphatic rings. The smallest absolute Gasteiger partial charge is 0.222 e. The Morgan fingerprint density at radius 1 is 1.37 bits per heavy atom. The van der Waals surface area contributed by atoms with E-state index in [-0.39, 0.29) is 5.41 Å². The van der Waals surface area contributed by atoms with E-state index >= 15 is 0 Å². The van der Waals surface area contributed by atoms with Gasteiger partial charge in [-0.15, -0.1) is 0 Å². The third-order valence-electron chi connectivity index (χ3n) is 4.55. The highest BCUT2D eigenvalue weighted by molar-refractivity contribution is 5.76. The van der Waals surface area contributed by atoms with Gasteiger partial charge in [-0.1, -0.05) is 34.1 Å². The average Bonchev–Trinajstić information content (AvgIpc) is 2.35. The highest BCUT2D eigenvalue weighted by atomic mass is 16.2. The molecule has 0 aromatic heterocycles. The fourth-order valence-corrected chi connectivity index (χ4v) is 2.45. The van der Waals surface area contributed by atoms with Crippen LogP contribution in [0.1, 0.15) is 60.3 Å². The Labute approximate surface area is 119 Å². The van der Waals surface area contributed by atoms with Gasteiger partial charge in [-0.3, -0.25) is 4.79 Å². The predicted molar refractivity (Wildman–Crippen MR) is 81.1 cm³/mol. The van der Waals surface area contributed by atoms with E-state index in [9.17, 15) is 4.79 Å². The second kappa shape index (κ2) is 7.28. The molecular weight excluding hydrogens is 236 g/mol. The fourth-order valence-electron chi connectivity index (χ4n) is 2.45. The van der Waals surface area contributed by atoms with Crippen LogP contribution in [0.2, 0.25) is 0 Å². The number of nitrogens with one attached hydrogen (secondary N) is 1. The standard InChI is InChI=1S/C16H32N2O/c1-6-18(12-14-9-7-8-10-17-14)15(19)11-13(2)16(3,4)5/h13-14,17H,6-12H2,1-5H3. The average molecular weight is 268 g/mol. The first-order valence-corrected chi connectivity index (χ1v) is 7.85. The third kappa shape index (κ3) is 5.52. The molecule has 1 amide bonds. The highest BCUT2D eigenvalue weighted by Gasteiger charge is 2.26. The zero-order chi connectivity index (χ0) is 14.5. The van der Waals surface area contributed by atoms with Crippen LogP contribution < -0.4 is 5.32 Å². The summed E-state index contributed by atoms with van der Waals surface area (Å²) in [5, 5.41) is 3.53. The Balaban J connectivity index is 2.46. The van der Waals surface area contributed by atoms with Gasteiger partial charge in [0.25, 0.3) is 0 Å². The number of rotatable bonds is 5. The summed E-state index contributed by atoms with van der Waals surface area (Å²) in [6.07, 6.45) is 4.45. The van der Waals surface area contributed by atoms with Crippen molar-refractivity contribution in [2.75, 3.05) is 19.6 Å². The van der Waals surface area contributed by atoms with E-state index < -0.39 is 0 Å². The Bertz CT molecular complexity index is 277. The van der Waals surface area contributed by atoms with Crippen molar-refractivity contribution in [3.8, 4) is 0 Å². The lowest BCUT2D eigenvalue weighted by atomic mass is 9.80. The molecule has 0 aromatic carbocycles. The first kappa shape index (κ1) is 16.5. The van der Waals surface area contributed by atoms with Crippen molar-refractivity contribution in [3.05, 3.63) is 0 Å². The molecule has 0 saturated carbocycles. The summed E-state index contributed by atoms with van der Waals surface area (Å²) in [5.41, 5.74) is 0.207. The number of carbonyl (C=O) groups excluding carboxylic acids is 1. The van der Waals surface area contributed by atoms with Crippen molar-refractivity contribution >= 4 is 5.91 Å². The quantitative estimate of drug-likeness (QED) is 0.831. The molecule has 19 heavy (non-hydrogen) atoms. The number of amides is 1. The van der Waals surface area contributed by atoms with E-state index in [1.54, 1.807) is 0 Å². The molecule has 1 fully saturated rings. The Hall–Kier alpha value is -0.570. The van der Waals surface area contributed by atoms with Gasteiger partial charge in [0.15, 0.2) is 0 Å². The molecule has 1 aliphatic heterocycles. The molecule has 1 rings (SSSR count). The summed E-state index contributed by atoms with van der Waals surface area (Å²) in [5.74, 6) is 0.741. The number of hydrogen-bond acceptors (Lipinski definition) is 2. The number of hydrogen-bond donors (Lipinski definition) is 1. The monoisotopic (exact) mass is 268 g/mol. The second-order valence-electron chi connectivity index (χ2n) is 7.05. The van der Waals surface area contributed by atoms with Crippen LogP contribution in [0.25, 0.3) is 0 Å². The molecule has 0 aliphatic carbocycles. The molecule has 2 atom stereocenters. The number of piperidine rings is 1. The normalized spacial score (nSPS) is 22.1. The summed E-state index contributed by atoms with van der Waals surface area (Å²) in [6, 6.07) is 0.502. The van der Waals surface area contributed by atoms with Crippen LogP contribution in [-0.2, 0) is 4.79 Å². The van der Waals surface area contributed by atoms with Crippen molar-refractivity contribution < 1.29 is 4.79 Å². The van der Waals surface area contributed by atoms with Crippen molar-refractivity contribution in [1.29, 1.82) is 0 Å². The maximum absolute atomic E-state index is 12.4. The summed E-state index contributed by atoms with van der Waals surface area (Å²) >= 11 is 0. The van der Waals surface area contributed by atoms with Crippen LogP contribution in [-0.4, -0.2) is 36.5 Å². The maximum atomic E-state index is 12.4. The van der Waals surface area contributed by atoms with E-state index in [0.717, 1.165) is 19.6 Å². The SMILES string of the molecule is CCN(CC1CCCCN1)C(=O)CC(C)C(C)(C)C. The van der Waals surface area contributed by atoms with Gasteiger partial charge in [0.2, 0.25) is 5.91 Å². The molecule has 0 radical (unpaired) electrons. The fraction of sp³-hybridized carbons (Fsp3) is 0.938. The van der Waals surface area contributed by atoms with Gasteiger partial charge in [0, 0.05) is 25.6 Å². The lowest BCUT2D eigenvalue weighted by Gasteiger charge is -2.32. The minimum absolute atomic E-state index is 0.207. The van der Waals surface area contributed by atoms with E-state index in [1.807, 2.05) is 4.90 Å². The van der Waals surface area contributed by atoms with E-state index in [4.69, 9.17) is 0 Å². The summed E-state index contributed by atoms with van der Waals surface area (Å²) in [7, 11) is 0. The van der Waals surface area contributed by atoms with Crippen molar-refractivity contribution in [2.24, 2.45) is 11.3 Å². The molecule has 1 N–H and O–H groups in total. The van der Waals surface area contributed by atoms with E-state index in [0.29, 0.717) is 24.3 Å². The Morgan fingerprint density at radius 3 is 2.53 bits per heavy atom. The minimum Gasteiger partial charge on any atom is -0.341 e. The van der Waals surface area contributed by atoms with Gasteiger partial charge in [0.1, 0.15) is 0 Å². The third-order valence-corrected chi connectivity index (χ3v) is 4.55. The first-order chi connectivity index (χ1) is 8.84. The molecule has 112 valence electrons. The van der Waals surface area contributed by atoms with Gasteiger partial charge >= 0.3 is 0 Å². The predicted octanol–water partition coefficient (Wildman–Crippen LogP) is 3.05. The molecule has 2 unspecified atom stereocenters. The summed E-state index contributed by atoms with van der Waals surface area (Å²) < 4.78 is 0. The molecule has 3 nitrogen and oxygen atoms in total. The van der Waals surface area contributed by atoms with Crippen LogP contribution in [0.15, 0.2) is 0 Å². The summed E-state index contributed by atoms with van der Waals surface area (Å²) in [6.45, 7) is 13.7. The molecular formula is C16H32N2O. The molecule has 0 spiro atoms. The number of likely N-dealkylation sites (N-methyl/N-ethyl adjacent to an activating group) is 1. The van der Waals surface area contributed by atoms with Crippen molar-refractivity contribution in [1.82, 2.24) is 10.2 Å². The van der Waals surface area contributed by atoms with Crippen LogP contribution in [0.5, 0.6) is 0 Å².